The summed E-state index contributed by atoms with van der Waals surface area (Å²) in [5.74, 6) is 1.10. The molecule has 1 unspecified atom stereocenters. The zero-order valence-corrected chi connectivity index (χ0v) is 12.1. The maximum atomic E-state index is 12.1. The van der Waals surface area contributed by atoms with Gasteiger partial charge < -0.3 is 15.3 Å². The lowest BCUT2D eigenvalue weighted by Gasteiger charge is -2.24. The SMILES string of the molecule is CN(Cc1ccc(O)cc1)C(=O)CCC1CCCNC1. The molecule has 1 fully saturated rings. The Morgan fingerprint density at radius 1 is 1.40 bits per heavy atom. The van der Waals surface area contributed by atoms with Gasteiger partial charge >= 0.3 is 0 Å². The van der Waals surface area contributed by atoms with Gasteiger partial charge in [0.2, 0.25) is 5.91 Å². The minimum atomic E-state index is 0.198. The fraction of sp³-hybridized carbons (Fsp3) is 0.562. The van der Waals surface area contributed by atoms with E-state index in [0.29, 0.717) is 18.9 Å². The molecule has 0 aromatic heterocycles. The molecule has 4 heteroatoms. The number of hydrogen-bond acceptors (Lipinski definition) is 3. The first kappa shape index (κ1) is 14.9. The average Bonchev–Trinajstić information content (AvgIpc) is 2.48. The summed E-state index contributed by atoms with van der Waals surface area (Å²) in [5, 5.41) is 12.6. The van der Waals surface area contributed by atoms with Crippen LogP contribution in [-0.4, -0.2) is 36.1 Å². The smallest absolute Gasteiger partial charge is 0.222 e. The molecule has 2 N–H and O–H groups in total. The molecule has 1 amide bonds. The second-order valence-corrected chi connectivity index (χ2v) is 5.67. The van der Waals surface area contributed by atoms with E-state index in [4.69, 9.17) is 0 Å². The number of nitrogens with zero attached hydrogens (tertiary/aromatic N) is 1. The zero-order chi connectivity index (χ0) is 14.4. The van der Waals surface area contributed by atoms with Gasteiger partial charge in [-0.25, -0.2) is 0 Å². The predicted octanol–water partition coefficient (Wildman–Crippen LogP) is 2.13. The van der Waals surface area contributed by atoms with Crippen LogP contribution >= 0.6 is 0 Å². The fourth-order valence-corrected chi connectivity index (χ4v) is 2.65. The minimum absolute atomic E-state index is 0.198. The summed E-state index contributed by atoms with van der Waals surface area (Å²) in [4.78, 5) is 13.9. The Morgan fingerprint density at radius 2 is 2.15 bits per heavy atom. The number of piperidine rings is 1. The van der Waals surface area contributed by atoms with Crippen molar-refractivity contribution >= 4 is 5.91 Å². The number of phenols is 1. The third kappa shape index (κ3) is 4.53. The van der Waals surface area contributed by atoms with Crippen LogP contribution in [0.4, 0.5) is 0 Å². The van der Waals surface area contributed by atoms with Gasteiger partial charge in [0.05, 0.1) is 0 Å². The highest BCUT2D eigenvalue weighted by Crippen LogP contribution is 2.17. The lowest BCUT2D eigenvalue weighted by atomic mass is 9.94. The van der Waals surface area contributed by atoms with E-state index in [9.17, 15) is 9.90 Å². The average molecular weight is 276 g/mol. The number of rotatable bonds is 5. The van der Waals surface area contributed by atoms with E-state index in [1.54, 1.807) is 17.0 Å². The third-order valence-electron chi connectivity index (χ3n) is 3.95. The minimum Gasteiger partial charge on any atom is -0.508 e. The van der Waals surface area contributed by atoms with Crippen molar-refractivity contribution < 1.29 is 9.90 Å². The van der Waals surface area contributed by atoms with Crippen LogP contribution in [0.15, 0.2) is 24.3 Å². The molecule has 0 saturated carbocycles. The number of phenolic OH excluding ortho intramolecular Hbond substituents is 1. The summed E-state index contributed by atoms with van der Waals surface area (Å²) in [5.41, 5.74) is 1.04. The summed E-state index contributed by atoms with van der Waals surface area (Å²) < 4.78 is 0. The fourth-order valence-electron chi connectivity index (χ4n) is 2.65. The monoisotopic (exact) mass is 276 g/mol. The van der Waals surface area contributed by atoms with E-state index in [-0.39, 0.29) is 11.7 Å². The van der Waals surface area contributed by atoms with Crippen molar-refractivity contribution in [3.8, 4) is 5.75 Å². The quantitative estimate of drug-likeness (QED) is 0.866. The van der Waals surface area contributed by atoms with Crippen molar-refractivity contribution in [1.82, 2.24) is 10.2 Å². The van der Waals surface area contributed by atoms with Gasteiger partial charge in [0.15, 0.2) is 0 Å². The molecule has 110 valence electrons. The van der Waals surface area contributed by atoms with Gasteiger partial charge in [-0.2, -0.15) is 0 Å². The lowest BCUT2D eigenvalue weighted by molar-refractivity contribution is -0.130. The molecule has 1 aromatic rings. The van der Waals surface area contributed by atoms with Crippen molar-refractivity contribution in [1.29, 1.82) is 0 Å². The van der Waals surface area contributed by atoms with Gasteiger partial charge in [0.1, 0.15) is 5.75 Å². The molecule has 1 aliphatic rings. The Morgan fingerprint density at radius 3 is 2.80 bits per heavy atom. The van der Waals surface area contributed by atoms with Crippen LogP contribution in [0.25, 0.3) is 0 Å². The first-order valence-electron chi connectivity index (χ1n) is 7.38. The Balaban J connectivity index is 1.75. The van der Waals surface area contributed by atoms with Crippen molar-refractivity contribution in [2.24, 2.45) is 5.92 Å². The molecule has 0 radical (unpaired) electrons. The van der Waals surface area contributed by atoms with Crippen molar-refractivity contribution in [2.75, 3.05) is 20.1 Å². The Labute approximate surface area is 120 Å². The molecule has 1 heterocycles. The van der Waals surface area contributed by atoms with Crippen molar-refractivity contribution in [2.45, 2.75) is 32.2 Å². The van der Waals surface area contributed by atoms with Gasteiger partial charge in [-0.05, 0) is 56.0 Å². The highest BCUT2D eigenvalue weighted by atomic mass is 16.3. The largest absolute Gasteiger partial charge is 0.508 e. The molecule has 0 aliphatic carbocycles. The van der Waals surface area contributed by atoms with E-state index < -0.39 is 0 Å². The molecular formula is C16H24N2O2. The van der Waals surface area contributed by atoms with Crippen molar-refractivity contribution in [3.63, 3.8) is 0 Å². The van der Waals surface area contributed by atoms with Crippen LogP contribution in [0.2, 0.25) is 0 Å². The zero-order valence-electron chi connectivity index (χ0n) is 12.1. The maximum Gasteiger partial charge on any atom is 0.222 e. The van der Waals surface area contributed by atoms with E-state index >= 15 is 0 Å². The standard InChI is InChI=1S/C16H24N2O2/c1-18(12-14-4-7-15(19)8-5-14)16(20)9-6-13-3-2-10-17-11-13/h4-5,7-8,13,17,19H,2-3,6,9-12H2,1H3. The molecule has 4 nitrogen and oxygen atoms in total. The van der Waals surface area contributed by atoms with E-state index in [1.165, 1.54) is 12.8 Å². The number of amides is 1. The summed E-state index contributed by atoms with van der Waals surface area (Å²) in [6.45, 7) is 2.77. The topological polar surface area (TPSA) is 52.6 Å². The Kier molecular flexibility index (Phi) is 5.41. The molecule has 1 atom stereocenters. The number of hydrogen-bond donors (Lipinski definition) is 2. The summed E-state index contributed by atoms with van der Waals surface area (Å²) in [6.07, 6.45) is 4.07. The summed E-state index contributed by atoms with van der Waals surface area (Å²) in [6, 6.07) is 7.01. The maximum absolute atomic E-state index is 12.1. The third-order valence-corrected chi connectivity index (χ3v) is 3.95. The van der Waals surface area contributed by atoms with Gasteiger partial charge in [0, 0.05) is 20.0 Å². The number of carbonyl (C=O) groups excluding carboxylic acids is 1. The number of nitrogens with one attached hydrogen (secondary N) is 1. The molecule has 1 saturated heterocycles. The van der Waals surface area contributed by atoms with Crippen LogP contribution in [0, 0.1) is 5.92 Å². The molecule has 0 bridgehead atoms. The highest BCUT2D eigenvalue weighted by Gasteiger charge is 2.16. The molecular weight excluding hydrogens is 252 g/mol. The lowest BCUT2D eigenvalue weighted by Crippen LogP contribution is -2.31. The van der Waals surface area contributed by atoms with Crippen LogP contribution < -0.4 is 5.32 Å². The number of carbonyl (C=O) groups is 1. The first-order chi connectivity index (χ1) is 9.65. The summed E-state index contributed by atoms with van der Waals surface area (Å²) in [7, 11) is 1.84. The number of aromatic hydroxyl groups is 1. The Hall–Kier alpha value is -1.55. The Bertz CT molecular complexity index is 425. The van der Waals surface area contributed by atoms with Crippen LogP contribution in [0.1, 0.15) is 31.2 Å². The van der Waals surface area contributed by atoms with Crippen LogP contribution in [-0.2, 0) is 11.3 Å². The van der Waals surface area contributed by atoms with E-state index in [1.807, 2.05) is 19.2 Å². The van der Waals surface area contributed by atoms with E-state index in [2.05, 4.69) is 5.32 Å². The molecule has 1 aliphatic heterocycles. The first-order valence-corrected chi connectivity index (χ1v) is 7.38. The molecule has 0 spiro atoms. The highest BCUT2D eigenvalue weighted by molar-refractivity contribution is 5.75. The van der Waals surface area contributed by atoms with Gasteiger partial charge in [0.25, 0.3) is 0 Å². The summed E-state index contributed by atoms with van der Waals surface area (Å²) >= 11 is 0. The number of benzene rings is 1. The predicted molar refractivity (Wildman–Crippen MR) is 79.4 cm³/mol. The van der Waals surface area contributed by atoms with Gasteiger partial charge in [-0.3, -0.25) is 4.79 Å². The van der Waals surface area contributed by atoms with Gasteiger partial charge in [-0.1, -0.05) is 12.1 Å². The normalized spacial score (nSPS) is 18.8. The molecule has 20 heavy (non-hydrogen) atoms. The van der Waals surface area contributed by atoms with Gasteiger partial charge in [-0.15, -0.1) is 0 Å². The van der Waals surface area contributed by atoms with E-state index in [0.717, 1.165) is 25.1 Å². The second kappa shape index (κ2) is 7.29. The molecule has 1 aromatic carbocycles. The molecule has 2 rings (SSSR count). The van der Waals surface area contributed by atoms with Crippen LogP contribution in [0.3, 0.4) is 0 Å². The van der Waals surface area contributed by atoms with Crippen molar-refractivity contribution in [3.05, 3.63) is 29.8 Å². The second-order valence-electron chi connectivity index (χ2n) is 5.67. The van der Waals surface area contributed by atoms with Crippen LogP contribution in [0.5, 0.6) is 5.75 Å².